The van der Waals surface area contributed by atoms with Crippen LogP contribution in [0.4, 0.5) is 0 Å². The Hall–Kier alpha value is 0. The Labute approximate surface area is 129 Å². The Morgan fingerprint density at radius 2 is 1.45 bits per heavy atom. The Balaban J connectivity index is 2.15. The van der Waals surface area contributed by atoms with Crippen LogP contribution in [0.2, 0.25) is 0 Å². The minimum absolute atomic E-state index is 1.02. The number of rotatable bonds is 13. The molecule has 0 heteroatoms. The van der Waals surface area contributed by atoms with E-state index in [9.17, 15) is 0 Å². The van der Waals surface area contributed by atoms with E-state index in [4.69, 9.17) is 0 Å². The van der Waals surface area contributed by atoms with E-state index in [0.29, 0.717) is 0 Å². The monoisotopic (exact) mass is 280 g/mol. The fourth-order valence-corrected chi connectivity index (χ4v) is 3.95. The molecule has 1 saturated carbocycles. The van der Waals surface area contributed by atoms with Gasteiger partial charge in [0, 0.05) is 0 Å². The third-order valence-electron chi connectivity index (χ3n) is 5.72. The molecule has 120 valence electrons. The minimum Gasteiger partial charge on any atom is -0.0654 e. The van der Waals surface area contributed by atoms with Crippen molar-refractivity contribution < 1.29 is 0 Å². The van der Waals surface area contributed by atoms with Crippen molar-refractivity contribution in [2.75, 3.05) is 0 Å². The van der Waals surface area contributed by atoms with E-state index in [2.05, 4.69) is 27.7 Å². The van der Waals surface area contributed by atoms with Crippen LogP contribution < -0.4 is 0 Å². The van der Waals surface area contributed by atoms with Crippen molar-refractivity contribution in [1.29, 1.82) is 0 Å². The summed E-state index contributed by atoms with van der Waals surface area (Å²) in [5.74, 6) is 4.27. The van der Waals surface area contributed by atoms with Gasteiger partial charge in [-0.15, -0.1) is 0 Å². The minimum atomic E-state index is 1.02. The third kappa shape index (κ3) is 7.14. The average Bonchev–Trinajstić information content (AvgIpc) is 3.19. The molecule has 0 aromatic rings. The van der Waals surface area contributed by atoms with Crippen LogP contribution in [0.25, 0.3) is 0 Å². The van der Waals surface area contributed by atoms with Crippen molar-refractivity contribution >= 4 is 0 Å². The largest absolute Gasteiger partial charge is 0.0654 e. The Bertz CT molecular complexity index is 220. The molecule has 0 heterocycles. The maximum atomic E-state index is 2.42. The average molecular weight is 281 g/mol. The molecule has 0 radical (unpaired) electrons. The van der Waals surface area contributed by atoms with Gasteiger partial charge in [-0.2, -0.15) is 0 Å². The lowest BCUT2D eigenvalue weighted by atomic mass is 9.86. The van der Waals surface area contributed by atoms with Crippen molar-refractivity contribution in [2.24, 2.45) is 23.7 Å². The molecule has 0 aliphatic heterocycles. The molecule has 0 saturated heterocycles. The van der Waals surface area contributed by atoms with Crippen LogP contribution in [0.1, 0.15) is 105 Å². The highest BCUT2D eigenvalue weighted by atomic mass is 14.4. The number of hydrogen-bond donors (Lipinski definition) is 0. The standard InChI is InChI=1S/C20H40/c1-5-9-10-12-17(7-3)13-14-18(8-4)15-20-16-19(20)11-6-2/h17-20H,5-16H2,1-4H3. The van der Waals surface area contributed by atoms with Gasteiger partial charge in [-0.1, -0.05) is 91.9 Å². The first kappa shape index (κ1) is 18.1. The SMILES string of the molecule is CCCCCC(CC)CCC(CC)CC1CC1CCC. The third-order valence-corrected chi connectivity index (χ3v) is 5.72. The van der Waals surface area contributed by atoms with Crippen LogP contribution in [-0.2, 0) is 0 Å². The maximum absolute atomic E-state index is 2.42. The first-order valence-electron chi connectivity index (χ1n) is 9.74. The summed E-state index contributed by atoms with van der Waals surface area (Å²) in [6, 6.07) is 0. The van der Waals surface area contributed by atoms with E-state index in [1.54, 1.807) is 12.8 Å². The number of hydrogen-bond acceptors (Lipinski definition) is 0. The van der Waals surface area contributed by atoms with E-state index < -0.39 is 0 Å². The van der Waals surface area contributed by atoms with E-state index in [1.165, 1.54) is 64.2 Å². The van der Waals surface area contributed by atoms with Crippen molar-refractivity contribution in [1.82, 2.24) is 0 Å². The lowest BCUT2D eigenvalue weighted by Gasteiger charge is -2.20. The van der Waals surface area contributed by atoms with Crippen LogP contribution in [-0.4, -0.2) is 0 Å². The molecule has 0 nitrogen and oxygen atoms in total. The summed E-state index contributed by atoms with van der Waals surface area (Å²) in [4.78, 5) is 0. The van der Waals surface area contributed by atoms with Crippen molar-refractivity contribution in [3.8, 4) is 0 Å². The lowest BCUT2D eigenvalue weighted by Crippen LogP contribution is -2.06. The van der Waals surface area contributed by atoms with E-state index in [1.807, 2.05) is 0 Å². The Kier molecular flexibility index (Phi) is 9.65. The quantitative estimate of drug-likeness (QED) is 0.312. The number of unbranched alkanes of at least 4 members (excludes halogenated alkanes) is 2. The second-order valence-electron chi connectivity index (χ2n) is 7.40. The van der Waals surface area contributed by atoms with Gasteiger partial charge in [0.25, 0.3) is 0 Å². The van der Waals surface area contributed by atoms with Gasteiger partial charge in [-0.05, 0) is 36.5 Å². The molecule has 1 aliphatic carbocycles. The first-order valence-corrected chi connectivity index (χ1v) is 9.74. The van der Waals surface area contributed by atoms with Crippen LogP contribution in [0.15, 0.2) is 0 Å². The highest BCUT2D eigenvalue weighted by molar-refractivity contribution is 4.87. The molecule has 20 heavy (non-hydrogen) atoms. The zero-order chi connectivity index (χ0) is 14.8. The van der Waals surface area contributed by atoms with Gasteiger partial charge < -0.3 is 0 Å². The molecule has 1 rings (SSSR count). The van der Waals surface area contributed by atoms with Crippen LogP contribution in [0.5, 0.6) is 0 Å². The highest BCUT2D eigenvalue weighted by Gasteiger charge is 2.36. The molecule has 4 unspecified atom stereocenters. The molecule has 0 spiro atoms. The van der Waals surface area contributed by atoms with Gasteiger partial charge in [0.1, 0.15) is 0 Å². The summed E-state index contributed by atoms with van der Waals surface area (Å²) >= 11 is 0. The van der Waals surface area contributed by atoms with E-state index in [-0.39, 0.29) is 0 Å². The fourth-order valence-electron chi connectivity index (χ4n) is 3.95. The summed E-state index contributed by atoms with van der Waals surface area (Å²) in [5, 5.41) is 0. The van der Waals surface area contributed by atoms with Crippen LogP contribution >= 0.6 is 0 Å². The molecule has 1 aliphatic rings. The summed E-state index contributed by atoms with van der Waals surface area (Å²) in [7, 11) is 0. The van der Waals surface area contributed by atoms with Gasteiger partial charge in [0.2, 0.25) is 0 Å². The Morgan fingerprint density at radius 1 is 0.750 bits per heavy atom. The second kappa shape index (κ2) is 10.7. The topological polar surface area (TPSA) is 0 Å². The van der Waals surface area contributed by atoms with Gasteiger partial charge >= 0.3 is 0 Å². The smallest absolute Gasteiger partial charge is 0.0380 e. The van der Waals surface area contributed by atoms with Crippen molar-refractivity contribution in [3.05, 3.63) is 0 Å². The van der Waals surface area contributed by atoms with Crippen molar-refractivity contribution in [2.45, 2.75) is 105 Å². The molecule has 1 fully saturated rings. The first-order chi connectivity index (χ1) is 9.74. The Morgan fingerprint density at radius 3 is 2.05 bits per heavy atom. The van der Waals surface area contributed by atoms with E-state index >= 15 is 0 Å². The normalized spacial score (nSPS) is 24.6. The summed E-state index contributed by atoms with van der Waals surface area (Å²) in [6.45, 7) is 9.47. The zero-order valence-electron chi connectivity index (χ0n) is 14.8. The molecule has 4 atom stereocenters. The molecule has 0 amide bonds. The summed E-state index contributed by atoms with van der Waals surface area (Å²) in [6.07, 6.45) is 17.6. The molecular formula is C20H40. The van der Waals surface area contributed by atoms with Crippen LogP contribution in [0.3, 0.4) is 0 Å². The highest BCUT2D eigenvalue weighted by Crippen LogP contribution is 2.47. The predicted molar refractivity (Wildman–Crippen MR) is 92.1 cm³/mol. The fraction of sp³-hybridized carbons (Fsp3) is 1.00. The summed E-state index contributed by atoms with van der Waals surface area (Å²) < 4.78 is 0. The zero-order valence-corrected chi connectivity index (χ0v) is 14.8. The van der Waals surface area contributed by atoms with E-state index in [0.717, 1.165) is 23.7 Å². The molecule has 0 N–H and O–H groups in total. The summed E-state index contributed by atoms with van der Waals surface area (Å²) in [5.41, 5.74) is 0. The van der Waals surface area contributed by atoms with Crippen LogP contribution in [0, 0.1) is 23.7 Å². The molecule has 0 bridgehead atoms. The van der Waals surface area contributed by atoms with Gasteiger partial charge in [0.05, 0.1) is 0 Å². The van der Waals surface area contributed by atoms with Gasteiger partial charge in [-0.25, -0.2) is 0 Å². The lowest BCUT2D eigenvalue weighted by molar-refractivity contribution is 0.328. The maximum Gasteiger partial charge on any atom is -0.0380 e. The predicted octanol–water partition coefficient (Wildman–Crippen LogP) is 7.23. The second-order valence-corrected chi connectivity index (χ2v) is 7.40. The van der Waals surface area contributed by atoms with Gasteiger partial charge in [-0.3, -0.25) is 0 Å². The molecular weight excluding hydrogens is 240 g/mol. The molecule has 0 aromatic heterocycles. The van der Waals surface area contributed by atoms with Gasteiger partial charge in [0.15, 0.2) is 0 Å². The van der Waals surface area contributed by atoms with Crippen molar-refractivity contribution in [3.63, 3.8) is 0 Å². The molecule has 0 aromatic carbocycles.